The van der Waals surface area contributed by atoms with Crippen LogP contribution in [0, 0.1) is 10.1 Å². The van der Waals surface area contributed by atoms with Gasteiger partial charge in [-0.3, -0.25) is 14.9 Å². The SMILES string of the molecule is O=C(NCC(O)CO)c1cc(C(O)CO)cc([N+](=O)[O-])c1. The highest BCUT2D eigenvalue weighted by molar-refractivity contribution is 5.95. The highest BCUT2D eigenvalue weighted by atomic mass is 16.6. The van der Waals surface area contributed by atoms with Crippen molar-refractivity contribution in [3.8, 4) is 0 Å². The molecule has 0 radical (unpaired) electrons. The number of hydrogen-bond acceptors (Lipinski definition) is 7. The van der Waals surface area contributed by atoms with Gasteiger partial charge in [0.25, 0.3) is 11.6 Å². The van der Waals surface area contributed by atoms with Gasteiger partial charge in [0.05, 0.1) is 24.2 Å². The fourth-order valence-electron chi connectivity index (χ4n) is 1.55. The van der Waals surface area contributed by atoms with Gasteiger partial charge in [-0.05, 0) is 11.6 Å². The maximum atomic E-state index is 11.8. The van der Waals surface area contributed by atoms with Crippen LogP contribution in [0.2, 0.25) is 0 Å². The molecule has 1 amide bonds. The second-order valence-electron chi connectivity index (χ2n) is 4.32. The summed E-state index contributed by atoms with van der Waals surface area (Å²) in [6.45, 7) is -1.41. The van der Waals surface area contributed by atoms with Crippen LogP contribution in [0.1, 0.15) is 22.0 Å². The summed E-state index contributed by atoms with van der Waals surface area (Å²) in [5.41, 5.74) is -0.482. The number of rotatable bonds is 7. The van der Waals surface area contributed by atoms with Crippen LogP contribution in [-0.2, 0) is 0 Å². The van der Waals surface area contributed by atoms with Gasteiger partial charge in [0.15, 0.2) is 0 Å². The number of carbonyl (C=O) groups is 1. The van der Waals surface area contributed by atoms with Crippen LogP contribution in [-0.4, -0.2) is 57.1 Å². The van der Waals surface area contributed by atoms with E-state index in [9.17, 15) is 20.0 Å². The molecule has 9 nitrogen and oxygen atoms in total. The molecule has 0 bridgehead atoms. The fraction of sp³-hybridized carbons (Fsp3) is 0.417. The zero-order valence-corrected chi connectivity index (χ0v) is 11.0. The minimum Gasteiger partial charge on any atom is -0.394 e. The Bertz CT molecular complexity index is 520. The molecule has 0 saturated carbocycles. The molecule has 9 heteroatoms. The predicted molar refractivity (Wildman–Crippen MR) is 70.6 cm³/mol. The van der Waals surface area contributed by atoms with Crippen molar-refractivity contribution < 1.29 is 30.1 Å². The molecule has 0 saturated heterocycles. The van der Waals surface area contributed by atoms with Gasteiger partial charge in [-0.25, -0.2) is 0 Å². The Hall–Kier alpha value is -2.07. The van der Waals surface area contributed by atoms with Crippen molar-refractivity contribution >= 4 is 11.6 Å². The second-order valence-corrected chi connectivity index (χ2v) is 4.32. The highest BCUT2D eigenvalue weighted by Gasteiger charge is 2.18. The minimum atomic E-state index is -1.35. The van der Waals surface area contributed by atoms with E-state index in [0.717, 1.165) is 12.1 Å². The first-order valence-electron chi connectivity index (χ1n) is 6.04. The Morgan fingerprint density at radius 3 is 2.43 bits per heavy atom. The molecule has 0 spiro atoms. The van der Waals surface area contributed by atoms with E-state index < -0.39 is 41.9 Å². The van der Waals surface area contributed by atoms with Crippen molar-refractivity contribution in [3.63, 3.8) is 0 Å². The molecule has 116 valence electrons. The Kier molecular flexibility index (Phi) is 6.18. The van der Waals surface area contributed by atoms with E-state index in [1.807, 2.05) is 0 Å². The zero-order chi connectivity index (χ0) is 16.0. The third-order valence-electron chi connectivity index (χ3n) is 2.68. The number of nitrogens with one attached hydrogen (secondary N) is 1. The zero-order valence-electron chi connectivity index (χ0n) is 11.0. The van der Waals surface area contributed by atoms with Crippen molar-refractivity contribution in [2.24, 2.45) is 0 Å². The molecule has 1 rings (SSSR count). The summed E-state index contributed by atoms with van der Waals surface area (Å²) in [4.78, 5) is 21.9. The quantitative estimate of drug-likeness (QED) is 0.310. The molecule has 1 aromatic rings. The molecule has 0 aliphatic rings. The van der Waals surface area contributed by atoms with E-state index in [2.05, 4.69) is 5.32 Å². The summed E-state index contributed by atoms with van der Waals surface area (Å²) < 4.78 is 0. The van der Waals surface area contributed by atoms with Crippen molar-refractivity contribution in [2.45, 2.75) is 12.2 Å². The van der Waals surface area contributed by atoms with E-state index in [0.29, 0.717) is 0 Å². The second kappa shape index (κ2) is 7.64. The topological polar surface area (TPSA) is 153 Å². The summed E-state index contributed by atoms with van der Waals surface area (Å²) in [5, 5.41) is 49.3. The number of aliphatic hydroxyl groups is 4. The fourth-order valence-corrected chi connectivity index (χ4v) is 1.55. The summed E-state index contributed by atoms with van der Waals surface area (Å²) in [6.07, 6.45) is -2.49. The first-order valence-corrected chi connectivity index (χ1v) is 6.04. The van der Waals surface area contributed by atoms with Crippen LogP contribution < -0.4 is 5.32 Å². The van der Waals surface area contributed by atoms with Gasteiger partial charge in [-0.2, -0.15) is 0 Å². The van der Waals surface area contributed by atoms with Gasteiger partial charge in [0.2, 0.25) is 0 Å². The van der Waals surface area contributed by atoms with Crippen LogP contribution in [0.4, 0.5) is 5.69 Å². The van der Waals surface area contributed by atoms with E-state index in [4.69, 9.17) is 15.3 Å². The molecule has 1 aromatic carbocycles. The Morgan fingerprint density at radius 1 is 1.24 bits per heavy atom. The molecule has 0 aliphatic carbocycles. The number of benzene rings is 1. The first-order chi connectivity index (χ1) is 9.88. The minimum absolute atomic E-state index is 0.0274. The van der Waals surface area contributed by atoms with Crippen LogP contribution in [0.3, 0.4) is 0 Å². The maximum Gasteiger partial charge on any atom is 0.270 e. The molecular formula is C12H16N2O7. The van der Waals surface area contributed by atoms with Crippen molar-refractivity contribution in [1.29, 1.82) is 0 Å². The van der Waals surface area contributed by atoms with Crippen LogP contribution in [0.15, 0.2) is 18.2 Å². The van der Waals surface area contributed by atoms with Gasteiger partial charge < -0.3 is 25.7 Å². The lowest BCUT2D eigenvalue weighted by molar-refractivity contribution is -0.385. The third-order valence-corrected chi connectivity index (χ3v) is 2.68. The lowest BCUT2D eigenvalue weighted by Crippen LogP contribution is -2.34. The third kappa shape index (κ3) is 4.76. The van der Waals surface area contributed by atoms with Crippen molar-refractivity contribution in [3.05, 3.63) is 39.4 Å². The monoisotopic (exact) mass is 300 g/mol. The summed E-state index contributed by atoms with van der Waals surface area (Å²) in [6, 6.07) is 3.27. The molecule has 0 heterocycles. The maximum absolute atomic E-state index is 11.8. The average molecular weight is 300 g/mol. The van der Waals surface area contributed by atoms with E-state index in [-0.39, 0.29) is 17.7 Å². The lowest BCUT2D eigenvalue weighted by Gasteiger charge is -2.11. The van der Waals surface area contributed by atoms with Crippen molar-refractivity contribution in [1.82, 2.24) is 5.32 Å². The number of non-ortho nitro benzene ring substituents is 1. The molecular weight excluding hydrogens is 284 g/mol. The highest BCUT2D eigenvalue weighted by Crippen LogP contribution is 2.22. The van der Waals surface area contributed by atoms with E-state index in [1.165, 1.54) is 6.07 Å². The number of hydrogen-bond donors (Lipinski definition) is 5. The number of aliphatic hydroxyl groups excluding tert-OH is 4. The molecule has 2 atom stereocenters. The summed E-state index contributed by atoms with van der Waals surface area (Å²) in [7, 11) is 0. The van der Waals surface area contributed by atoms with Gasteiger partial charge in [-0.15, -0.1) is 0 Å². The Balaban J connectivity index is 3.02. The summed E-state index contributed by atoms with van der Waals surface area (Å²) in [5.74, 6) is -0.711. The smallest absolute Gasteiger partial charge is 0.270 e. The predicted octanol–water partition coefficient (Wildman–Crippen LogP) is -1.30. The van der Waals surface area contributed by atoms with Gasteiger partial charge in [0, 0.05) is 24.2 Å². The van der Waals surface area contributed by atoms with E-state index in [1.54, 1.807) is 0 Å². The molecule has 2 unspecified atom stereocenters. The van der Waals surface area contributed by atoms with Crippen molar-refractivity contribution in [2.75, 3.05) is 19.8 Å². The van der Waals surface area contributed by atoms with Gasteiger partial charge in [0.1, 0.15) is 6.10 Å². The van der Waals surface area contributed by atoms with Crippen LogP contribution >= 0.6 is 0 Å². The first kappa shape index (κ1) is 17.0. The standard InChI is InChI=1S/C12H16N2O7/c15-5-10(17)4-13-12(19)8-1-7(11(18)6-16)2-9(3-8)14(20)21/h1-3,10-11,15-18H,4-6H2,(H,13,19). The van der Waals surface area contributed by atoms with Crippen LogP contribution in [0.5, 0.6) is 0 Å². The van der Waals surface area contributed by atoms with Gasteiger partial charge in [-0.1, -0.05) is 0 Å². The normalized spacial score (nSPS) is 13.5. The molecule has 0 aromatic heterocycles. The average Bonchev–Trinajstić information content (AvgIpc) is 2.50. The number of amides is 1. The Morgan fingerprint density at radius 2 is 1.90 bits per heavy atom. The van der Waals surface area contributed by atoms with E-state index >= 15 is 0 Å². The largest absolute Gasteiger partial charge is 0.394 e. The van der Waals surface area contributed by atoms with Gasteiger partial charge >= 0.3 is 0 Å². The lowest BCUT2D eigenvalue weighted by atomic mass is 10.0. The summed E-state index contributed by atoms with van der Waals surface area (Å²) >= 11 is 0. The molecule has 0 fully saturated rings. The molecule has 5 N–H and O–H groups in total. The Labute approximate surface area is 119 Å². The number of nitro groups is 1. The molecule has 0 aliphatic heterocycles. The number of carbonyl (C=O) groups excluding carboxylic acids is 1. The number of nitrogens with zero attached hydrogens (tertiary/aromatic N) is 1. The van der Waals surface area contributed by atoms with Crippen LogP contribution in [0.25, 0.3) is 0 Å². The number of nitro benzene ring substituents is 1. The molecule has 21 heavy (non-hydrogen) atoms.